The molecule has 0 unspecified atom stereocenters. The maximum atomic E-state index is 12.7. The van der Waals surface area contributed by atoms with E-state index < -0.39 is 11.8 Å². The topological polar surface area (TPSA) is 123 Å². The fraction of sp³-hybridized carbons (Fsp3) is 0.0800. The van der Waals surface area contributed by atoms with E-state index in [0.717, 1.165) is 22.2 Å². The molecule has 0 spiro atoms. The molecular formula is C25H19N7O2. The van der Waals surface area contributed by atoms with Crippen molar-refractivity contribution in [1.82, 2.24) is 24.9 Å². The Balaban J connectivity index is 1.33. The summed E-state index contributed by atoms with van der Waals surface area (Å²) in [6, 6.07) is 19.3. The lowest BCUT2D eigenvalue weighted by atomic mass is 10.2. The zero-order valence-electron chi connectivity index (χ0n) is 18.4. The Morgan fingerprint density at radius 2 is 1.00 bits per heavy atom. The van der Waals surface area contributed by atoms with E-state index in [4.69, 9.17) is 0 Å². The van der Waals surface area contributed by atoms with Gasteiger partial charge in [-0.2, -0.15) is 0 Å². The number of anilines is 2. The monoisotopic (exact) mass is 449 g/mol. The molecular weight excluding hydrogens is 430 g/mol. The molecule has 0 aliphatic rings. The van der Waals surface area contributed by atoms with E-state index in [9.17, 15) is 9.59 Å². The number of rotatable bonds is 4. The summed E-state index contributed by atoms with van der Waals surface area (Å²) in [5.74, 6) is -0.291. The van der Waals surface area contributed by atoms with E-state index in [-0.39, 0.29) is 11.4 Å². The molecule has 34 heavy (non-hydrogen) atoms. The second-order valence-electron chi connectivity index (χ2n) is 7.71. The Kier molecular flexibility index (Phi) is 5.35. The van der Waals surface area contributed by atoms with Gasteiger partial charge in [-0.05, 0) is 74.5 Å². The van der Waals surface area contributed by atoms with Crippen LogP contribution < -0.4 is 10.6 Å². The van der Waals surface area contributed by atoms with Crippen molar-refractivity contribution in [3.05, 3.63) is 89.5 Å². The Labute approximate surface area is 194 Å². The second-order valence-corrected chi connectivity index (χ2v) is 7.71. The predicted octanol–water partition coefficient (Wildman–Crippen LogP) is 4.09. The molecule has 0 radical (unpaired) electrons. The van der Waals surface area contributed by atoms with Crippen LogP contribution >= 0.6 is 0 Å². The summed E-state index contributed by atoms with van der Waals surface area (Å²) in [7, 11) is 0. The van der Waals surface area contributed by atoms with Gasteiger partial charge in [-0.1, -0.05) is 6.07 Å². The average Bonchev–Trinajstić information content (AvgIpc) is 2.83. The Morgan fingerprint density at radius 1 is 0.559 bits per heavy atom. The zero-order valence-corrected chi connectivity index (χ0v) is 18.4. The van der Waals surface area contributed by atoms with Crippen LogP contribution in [0.2, 0.25) is 0 Å². The molecule has 0 fully saturated rings. The minimum Gasteiger partial charge on any atom is -0.305 e. The van der Waals surface area contributed by atoms with Crippen LogP contribution in [0.4, 0.5) is 11.6 Å². The van der Waals surface area contributed by atoms with Crippen LogP contribution in [-0.2, 0) is 0 Å². The highest BCUT2D eigenvalue weighted by Gasteiger charge is 2.14. The first-order valence-electron chi connectivity index (χ1n) is 10.5. The van der Waals surface area contributed by atoms with E-state index in [1.165, 1.54) is 12.1 Å². The smallest absolute Gasteiger partial charge is 0.275 e. The van der Waals surface area contributed by atoms with Gasteiger partial charge in [0.1, 0.15) is 23.0 Å². The van der Waals surface area contributed by atoms with E-state index in [1.807, 2.05) is 50.2 Å². The molecule has 5 rings (SSSR count). The molecule has 2 N–H and O–H groups in total. The van der Waals surface area contributed by atoms with Gasteiger partial charge in [-0.3, -0.25) is 9.59 Å². The second kappa shape index (κ2) is 8.62. The molecule has 0 bridgehead atoms. The number of nitrogens with one attached hydrogen (secondary N) is 2. The van der Waals surface area contributed by atoms with Crippen LogP contribution in [0.3, 0.4) is 0 Å². The highest BCUT2D eigenvalue weighted by Crippen LogP contribution is 2.16. The maximum absolute atomic E-state index is 12.7. The Morgan fingerprint density at radius 3 is 1.47 bits per heavy atom. The van der Waals surface area contributed by atoms with Gasteiger partial charge < -0.3 is 10.6 Å². The number of fused-ring (bicyclic) bond motifs is 2. The van der Waals surface area contributed by atoms with Crippen molar-refractivity contribution >= 4 is 45.5 Å². The first-order valence-corrected chi connectivity index (χ1v) is 10.5. The summed E-state index contributed by atoms with van der Waals surface area (Å²) < 4.78 is 0. The van der Waals surface area contributed by atoms with Crippen molar-refractivity contribution < 1.29 is 9.59 Å². The van der Waals surface area contributed by atoms with Gasteiger partial charge in [0.15, 0.2) is 11.3 Å². The van der Waals surface area contributed by atoms with Crippen molar-refractivity contribution in [3.63, 3.8) is 0 Å². The molecule has 0 saturated heterocycles. The molecule has 0 aromatic carbocycles. The largest absolute Gasteiger partial charge is 0.305 e. The molecule has 0 aliphatic carbocycles. The number of nitrogens with zero attached hydrogens (tertiary/aromatic N) is 5. The van der Waals surface area contributed by atoms with Gasteiger partial charge in [0.2, 0.25) is 0 Å². The molecule has 0 aliphatic heterocycles. The van der Waals surface area contributed by atoms with Gasteiger partial charge in [0.25, 0.3) is 11.8 Å². The quantitative estimate of drug-likeness (QED) is 0.424. The average molecular weight is 449 g/mol. The van der Waals surface area contributed by atoms with Gasteiger partial charge in [-0.15, -0.1) is 0 Å². The van der Waals surface area contributed by atoms with Crippen LogP contribution in [0.15, 0.2) is 66.7 Å². The van der Waals surface area contributed by atoms with Gasteiger partial charge in [0, 0.05) is 22.2 Å². The fourth-order valence-electron chi connectivity index (χ4n) is 3.37. The minimum atomic E-state index is -0.488. The normalized spacial score (nSPS) is 10.9. The SMILES string of the molecule is Cc1ccc2ccc(NC(=O)c3cccc(C(=O)Nc4ccc5ccc(C)nc5n4)n3)nc2n1. The molecule has 9 heteroatoms. The number of amides is 2. The standard InChI is InChI=1S/C25H19N7O2/c1-14-6-8-16-10-12-20(29-22(16)26-14)31-24(33)18-4-3-5-19(28-18)25(34)32-21-13-11-17-9-7-15(2)27-23(17)30-21/h3-13H,1-2H3,(H,26,29,31,33)(H,27,30,32,34). The van der Waals surface area contributed by atoms with E-state index in [1.54, 1.807) is 18.2 Å². The van der Waals surface area contributed by atoms with E-state index in [0.29, 0.717) is 22.9 Å². The van der Waals surface area contributed by atoms with Crippen molar-refractivity contribution in [2.75, 3.05) is 10.6 Å². The van der Waals surface area contributed by atoms with Crippen molar-refractivity contribution in [1.29, 1.82) is 0 Å². The molecule has 5 aromatic heterocycles. The number of carbonyl (C=O) groups excluding carboxylic acids is 2. The third kappa shape index (κ3) is 4.40. The van der Waals surface area contributed by atoms with Crippen molar-refractivity contribution in [3.8, 4) is 0 Å². The van der Waals surface area contributed by atoms with Gasteiger partial charge in [0.05, 0.1) is 0 Å². The Bertz CT molecular complexity index is 1470. The number of pyridine rings is 5. The fourth-order valence-corrected chi connectivity index (χ4v) is 3.37. The highest BCUT2D eigenvalue weighted by atomic mass is 16.2. The summed E-state index contributed by atoms with van der Waals surface area (Å²) in [5.41, 5.74) is 2.88. The van der Waals surface area contributed by atoms with E-state index in [2.05, 4.69) is 35.6 Å². The van der Waals surface area contributed by atoms with Crippen LogP contribution in [0.25, 0.3) is 22.1 Å². The maximum Gasteiger partial charge on any atom is 0.275 e. The molecule has 5 aromatic rings. The lowest BCUT2D eigenvalue weighted by Crippen LogP contribution is -2.19. The first-order chi connectivity index (χ1) is 16.4. The van der Waals surface area contributed by atoms with E-state index >= 15 is 0 Å². The van der Waals surface area contributed by atoms with Gasteiger partial charge in [-0.25, -0.2) is 24.9 Å². The number of aryl methyl sites for hydroxylation is 2. The minimum absolute atomic E-state index is 0.0792. The number of carbonyl (C=O) groups is 2. The van der Waals surface area contributed by atoms with Crippen molar-refractivity contribution in [2.24, 2.45) is 0 Å². The molecule has 9 nitrogen and oxygen atoms in total. The summed E-state index contributed by atoms with van der Waals surface area (Å²) in [4.78, 5) is 47.2. The lowest BCUT2D eigenvalue weighted by Gasteiger charge is -2.08. The molecule has 0 atom stereocenters. The van der Waals surface area contributed by atoms with Crippen molar-refractivity contribution in [2.45, 2.75) is 13.8 Å². The molecule has 2 amide bonds. The third-order valence-corrected chi connectivity index (χ3v) is 5.08. The van der Waals surface area contributed by atoms with Crippen LogP contribution in [0.5, 0.6) is 0 Å². The summed E-state index contributed by atoms with van der Waals surface area (Å²) in [6.45, 7) is 3.75. The zero-order chi connectivity index (χ0) is 23.7. The summed E-state index contributed by atoms with van der Waals surface area (Å²) in [6.07, 6.45) is 0. The summed E-state index contributed by atoms with van der Waals surface area (Å²) >= 11 is 0. The van der Waals surface area contributed by atoms with Crippen LogP contribution in [0, 0.1) is 13.8 Å². The molecule has 0 saturated carbocycles. The predicted molar refractivity (Wildman–Crippen MR) is 129 cm³/mol. The van der Waals surface area contributed by atoms with Gasteiger partial charge >= 0.3 is 0 Å². The van der Waals surface area contributed by atoms with Crippen LogP contribution in [0.1, 0.15) is 32.4 Å². The Hall–Kier alpha value is -4.79. The highest BCUT2D eigenvalue weighted by molar-refractivity contribution is 6.06. The number of hydrogen-bond acceptors (Lipinski definition) is 7. The number of hydrogen-bond donors (Lipinski definition) is 2. The molecule has 5 heterocycles. The summed E-state index contributed by atoms with van der Waals surface area (Å²) in [5, 5.41) is 7.15. The lowest BCUT2D eigenvalue weighted by molar-refractivity contribution is 0.101. The van der Waals surface area contributed by atoms with Crippen LogP contribution in [-0.4, -0.2) is 36.7 Å². The third-order valence-electron chi connectivity index (χ3n) is 5.08. The first kappa shape index (κ1) is 21.1. The molecule has 166 valence electrons. The number of aromatic nitrogens is 5.